The first-order valence-electron chi connectivity index (χ1n) is 8.57. The number of aromatic nitrogens is 3. The molecule has 2 aromatic carbocycles. The Morgan fingerprint density at radius 3 is 2.82 bits per heavy atom. The van der Waals surface area contributed by atoms with Crippen LogP contribution in [0.4, 0.5) is 5.13 Å². The lowest BCUT2D eigenvalue weighted by atomic mass is 10.2. The van der Waals surface area contributed by atoms with Gasteiger partial charge in [-0.15, -0.1) is 0 Å². The van der Waals surface area contributed by atoms with E-state index in [1.807, 2.05) is 54.9 Å². The standard InChI is InChI=1S/C20H17ClN4OS2/c1-12-3-8-15-17(9-12)28-19(23-15)24-18(26)11-27-20-22-10-16(25(20)2)13-4-6-14(21)7-5-13/h3-10H,11H2,1-2H3,(H,23,24,26). The van der Waals surface area contributed by atoms with Crippen molar-refractivity contribution < 1.29 is 4.79 Å². The summed E-state index contributed by atoms with van der Waals surface area (Å²) < 4.78 is 3.04. The molecule has 142 valence electrons. The van der Waals surface area contributed by atoms with Gasteiger partial charge in [-0.25, -0.2) is 9.97 Å². The molecule has 0 aliphatic rings. The van der Waals surface area contributed by atoms with Crippen molar-refractivity contribution in [3.63, 3.8) is 0 Å². The zero-order valence-corrected chi connectivity index (χ0v) is 17.7. The van der Waals surface area contributed by atoms with E-state index in [0.29, 0.717) is 10.2 Å². The van der Waals surface area contributed by atoms with Gasteiger partial charge in [0.15, 0.2) is 10.3 Å². The van der Waals surface area contributed by atoms with E-state index in [4.69, 9.17) is 11.6 Å². The first-order chi connectivity index (χ1) is 13.5. The van der Waals surface area contributed by atoms with Crippen LogP contribution in [0.5, 0.6) is 0 Å². The fraction of sp³-hybridized carbons (Fsp3) is 0.150. The van der Waals surface area contributed by atoms with Crippen LogP contribution in [0.1, 0.15) is 5.56 Å². The molecule has 0 atom stereocenters. The average molecular weight is 429 g/mol. The monoisotopic (exact) mass is 428 g/mol. The third kappa shape index (κ3) is 4.06. The van der Waals surface area contributed by atoms with Crippen LogP contribution >= 0.6 is 34.7 Å². The number of nitrogens with zero attached hydrogens (tertiary/aromatic N) is 3. The lowest BCUT2D eigenvalue weighted by Gasteiger charge is -2.06. The number of halogens is 1. The molecule has 0 spiro atoms. The molecular formula is C20H17ClN4OS2. The normalized spacial score (nSPS) is 11.1. The molecule has 0 unspecified atom stereocenters. The summed E-state index contributed by atoms with van der Waals surface area (Å²) in [7, 11) is 1.94. The van der Waals surface area contributed by atoms with Gasteiger partial charge in [-0.2, -0.15) is 0 Å². The Bertz CT molecular complexity index is 1150. The number of rotatable bonds is 5. The Labute approximate surface area is 175 Å². The van der Waals surface area contributed by atoms with Gasteiger partial charge in [0.25, 0.3) is 0 Å². The van der Waals surface area contributed by atoms with Crippen LogP contribution in [0.3, 0.4) is 0 Å². The van der Waals surface area contributed by atoms with Gasteiger partial charge < -0.3 is 9.88 Å². The number of carbonyl (C=O) groups excluding carboxylic acids is 1. The number of hydrogen-bond acceptors (Lipinski definition) is 5. The van der Waals surface area contributed by atoms with E-state index in [0.717, 1.165) is 26.6 Å². The number of carbonyl (C=O) groups is 1. The van der Waals surface area contributed by atoms with Crippen LogP contribution in [-0.2, 0) is 11.8 Å². The molecule has 4 aromatic rings. The highest BCUT2D eigenvalue weighted by Crippen LogP contribution is 2.28. The lowest BCUT2D eigenvalue weighted by molar-refractivity contribution is -0.113. The predicted molar refractivity (Wildman–Crippen MR) is 117 cm³/mol. The summed E-state index contributed by atoms with van der Waals surface area (Å²) in [5.74, 6) is 0.164. The van der Waals surface area contributed by atoms with Gasteiger partial charge >= 0.3 is 0 Å². The topological polar surface area (TPSA) is 59.8 Å². The number of thiazole rings is 1. The molecule has 2 heterocycles. The zero-order valence-electron chi connectivity index (χ0n) is 15.3. The van der Waals surface area contributed by atoms with Crippen LogP contribution in [-0.4, -0.2) is 26.2 Å². The minimum atomic E-state index is -0.100. The number of nitrogens with one attached hydrogen (secondary N) is 1. The molecule has 0 bridgehead atoms. The lowest BCUT2D eigenvalue weighted by Crippen LogP contribution is -2.14. The van der Waals surface area contributed by atoms with Crippen LogP contribution in [0.15, 0.2) is 53.8 Å². The summed E-state index contributed by atoms with van der Waals surface area (Å²) >= 11 is 8.83. The molecule has 0 radical (unpaired) electrons. The molecule has 0 saturated carbocycles. The summed E-state index contributed by atoms with van der Waals surface area (Å²) in [6.07, 6.45) is 1.80. The van der Waals surface area contributed by atoms with Crippen molar-refractivity contribution in [2.45, 2.75) is 12.1 Å². The molecule has 0 aliphatic carbocycles. The van der Waals surface area contributed by atoms with Gasteiger partial charge in [-0.1, -0.05) is 52.9 Å². The van der Waals surface area contributed by atoms with E-state index in [1.54, 1.807) is 6.20 Å². The number of hydrogen-bond donors (Lipinski definition) is 1. The molecule has 8 heteroatoms. The van der Waals surface area contributed by atoms with Gasteiger partial charge in [0, 0.05) is 12.1 Å². The Balaban J connectivity index is 1.41. The maximum absolute atomic E-state index is 12.3. The highest BCUT2D eigenvalue weighted by atomic mass is 35.5. The van der Waals surface area contributed by atoms with Crippen molar-refractivity contribution in [3.8, 4) is 11.3 Å². The number of amides is 1. The van der Waals surface area contributed by atoms with Gasteiger partial charge in [0.05, 0.1) is 27.9 Å². The molecule has 1 N–H and O–H groups in total. The number of anilines is 1. The van der Waals surface area contributed by atoms with Crippen molar-refractivity contribution in [3.05, 3.63) is 59.2 Å². The number of thioether (sulfide) groups is 1. The first-order valence-corrected chi connectivity index (χ1v) is 10.7. The third-order valence-electron chi connectivity index (χ3n) is 4.21. The number of benzene rings is 2. The Kier molecular flexibility index (Phi) is 5.39. The minimum Gasteiger partial charge on any atom is -0.322 e. The largest absolute Gasteiger partial charge is 0.322 e. The fourth-order valence-corrected chi connectivity index (χ4v) is 4.64. The molecule has 2 aromatic heterocycles. The smallest absolute Gasteiger partial charge is 0.236 e. The predicted octanol–water partition coefficient (Wildman–Crippen LogP) is 5.39. The maximum Gasteiger partial charge on any atom is 0.236 e. The third-order valence-corrected chi connectivity index (χ3v) is 6.44. The van der Waals surface area contributed by atoms with Crippen LogP contribution in [0, 0.1) is 6.92 Å². The summed E-state index contributed by atoms with van der Waals surface area (Å²) in [6, 6.07) is 13.7. The van der Waals surface area contributed by atoms with E-state index < -0.39 is 0 Å². The SMILES string of the molecule is Cc1ccc2nc(NC(=O)CSc3ncc(-c4ccc(Cl)cc4)n3C)sc2c1. The van der Waals surface area contributed by atoms with Crippen LogP contribution < -0.4 is 5.32 Å². The van der Waals surface area contributed by atoms with Crippen molar-refractivity contribution >= 4 is 56.0 Å². The molecule has 0 fully saturated rings. The Morgan fingerprint density at radius 1 is 1.25 bits per heavy atom. The molecule has 1 amide bonds. The molecular weight excluding hydrogens is 412 g/mol. The van der Waals surface area contributed by atoms with Crippen molar-refractivity contribution in [1.29, 1.82) is 0 Å². The summed E-state index contributed by atoms with van der Waals surface area (Å²) in [4.78, 5) is 21.2. The minimum absolute atomic E-state index is 0.100. The first kappa shape index (κ1) is 19.0. The number of aryl methyl sites for hydroxylation is 1. The highest BCUT2D eigenvalue weighted by molar-refractivity contribution is 7.99. The van der Waals surface area contributed by atoms with Gasteiger partial charge in [0.1, 0.15) is 0 Å². The Hall–Kier alpha value is -2.35. The van der Waals surface area contributed by atoms with Gasteiger partial charge in [-0.3, -0.25) is 4.79 Å². The molecule has 28 heavy (non-hydrogen) atoms. The van der Waals surface area contributed by atoms with Gasteiger partial charge in [0.2, 0.25) is 5.91 Å². The average Bonchev–Trinajstić information content (AvgIpc) is 3.23. The Morgan fingerprint density at radius 2 is 2.04 bits per heavy atom. The van der Waals surface area contributed by atoms with E-state index in [9.17, 15) is 4.79 Å². The quantitative estimate of drug-likeness (QED) is 0.433. The number of imidazole rings is 1. The van der Waals surface area contributed by atoms with Crippen molar-refractivity contribution in [2.75, 3.05) is 11.1 Å². The molecule has 5 nitrogen and oxygen atoms in total. The zero-order chi connectivity index (χ0) is 19.7. The van der Waals surface area contributed by atoms with Crippen LogP contribution in [0.25, 0.3) is 21.5 Å². The van der Waals surface area contributed by atoms with Gasteiger partial charge in [-0.05, 0) is 42.3 Å². The highest BCUT2D eigenvalue weighted by Gasteiger charge is 2.13. The van der Waals surface area contributed by atoms with Crippen LogP contribution in [0.2, 0.25) is 5.02 Å². The second-order valence-electron chi connectivity index (χ2n) is 6.32. The number of fused-ring (bicyclic) bond motifs is 1. The van der Waals surface area contributed by atoms with E-state index in [-0.39, 0.29) is 11.7 Å². The van der Waals surface area contributed by atoms with E-state index in [2.05, 4.69) is 21.4 Å². The van der Waals surface area contributed by atoms with E-state index >= 15 is 0 Å². The molecule has 4 rings (SSSR count). The second-order valence-corrected chi connectivity index (χ2v) is 8.73. The summed E-state index contributed by atoms with van der Waals surface area (Å²) in [5.41, 5.74) is 4.08. The fourth-order valence-electron chi connectivity index (χ4n) is 2.79. The molecule has 0 aliphatic heterocycles. The molecule has 0 saturated heterocycles. The summed E-state index contributed by atoms with van der Waals surface area (Å²) in [6.45, 7) is 2.04. The maximum atomic E-state index is 12.3. The summed E-state index contributed by atoms with van der Waals surface area (Å²) in [5, 5.41) is 4.97. The second kappa shape index (κ2) is 7.95. The van der Waals surface area contributed by atoms with Crippen molar-refractivity contribution in [2.24, 2.45) is 7.05 Å². The van der Waals surface area contributed by atoms with E-state index in [1.165, 1.54) is 28.7 Å². The van der Waals surface area contributed by atoms with Crippen molar-refractivity contribution in [1.82, 2.24) is 14.5 Å².